The normalized spacial score (nSPS) is 15.3. The number of aromatic nitrogens is 1. The number of thiophene rings is 1. The number of anilines is 1. The van der Waals surface area contributed by atoms with Gasteiger partial charge in [0.1, 0.15) is 10.5 Å². The average Bonchev–Trinajstić information content (AvgIpc) is 3.39. The number of thiocarbonyl (C=S) groups is 1. The van der Waals surface area contributed by atoms with Crippen LogP contribution in [0.4, 0.5) is 16.5 Å². The maximum Gasteiger partial charge on any atom is 0.362 e. The van der Waals surface area contributed by atoms with E-state index in [4.69, 9.17) is 17.0 Å². The Morgan fingerprint density at radius 2 is 1.94 bits per heavy atom. The molecular formula is C21H19N5O3S3. The molecule has 4 rings (SSSR count). The summed E-state index contributed by atoms with van der Waals surface area (Å²) in [6, 6.07) is 9.82. The molecule has 1 aliphatic heterocycles. The Labute approximate surface area is 197 Å². The fraction of sp³-hybridized carbons (Fsp3) is 0.238. The molecule has 0 bridgehead atoms. The quantitative estimate of drug-likeness (QED) is 0.194. The van der Waals surface area contributed by atoms with Gasteiger partial charge >= 0.3 is 5.97 Å². The first-order valence-electron chi connectivity index (χ1n) is 9.85. The molecule has 0 saturated carbocycles. The minimum Gasteiger partial charge on any atom is -0.393 e. The second-order valence-electron chi connectivity index (χ2n) is 6.74. The summed E-state index contributed by atoms with van der Waals surface area (Å²) in [6.07, 6.45) is 1.58. The van der Waals surface area contributed by atoms with E-state index in [1.54, 1.807) is 6.08 Å². The Morgan fingerprint density at radius 1 is 1.22 bits per heavy atom. The molecule has 164 valence electrons. The lowest BCUT2D eigenvalue weighted by atomic mass is 10.2. The van der Waals surface area contributed by atoms with Crippen LogP contribution in [0.5, 0.6) is 0 Å². The molecule has 2 aromatic heterocycles. The molecule has 0 aliphatic carbocycles. The Hall–Kier alpha value is -3.02. The summed E-state index contributed by atoms with van der Waals surface area (Å²) in [5, 5.41) is 8.93. The van der Waals surface area contributed by atoms with E-state index in [9.17, 15) is 9.59 Å². The molecule has 1 aliphatic rings. The van der Waals surface area contributed by atoms with Crippen LogP contribution < -0.4 is 4.90 Å². The van der Waals surface area contributed by atoms with Crippen LogP contribution in [-0.2, 0) is 14.3 Å². The molecule has 1 saturated heterocycles. The van der Waals surface area contributed by atoms with Gasteiger partial charge in [-0.05, 0) is 62.5 Å². The van der Waals surface area contributed by atoms with Crippen molar-refractivity contribution in [2.75, 3.05) is 18.0 Å². The second-order valence-corrected chi connectivity index (χ2v) is 9.16. The van der Waals surface area contributed by atoms with Gasteiger partial charge in [-0.2, -0.15) is 0 Å². The van der Waals surface area contributed by atoms with Gasteiger partial charge in [0.2, 0.25) is 11.0 Å². The van der Waals surface area contributed by atoms with Gasteiger partial charge in [-0.3, -0.25) is 4.79 Å². The third-order valence-electron chi connectivity index (χ3n) is 4.73. The van der Waals surface area contributed by atoms with Crippen molar-refractivity contribution in [1.82, 2.24) is 9.88 Å². The number of thiazole rings is 1. The molecule has 11 heteroatoms. The van der Waals surface area contributed by atoms with Crippen LogP contribution in [0.25, 0.3) is 15.6 Å². The molecule has 1 amide bonds. The Morgan fingerprint density at radius 3 is 2.56 bits per heavy atom. The number of carbonyl (C=O) groups excluding carboxylic acids is 2. The Bertz CT molecular complexity index is 1220. The molecule has 0 unspecified atom stereocenters. The van der Waals surface area contributed by atoms with Crippen molar-refractivity contribution < 1.29 is 14.3 Å². The molecule has 0 atom stereocenters. The number of hydrogen-bond acceptors (Lipinski definition) is 10. The molecular weight excluding hydrogens is 466 g/mol. The van der Waals surface area contributed by atoms with E-state index in [1.807, 2.05) is 30.3 Å². The summed E-state index contributed by atoms with van der Waals surface area (Å²) in [5.74, 6) is -1.02. The molecule has 1 aromatic carbocycles. The Kier molecular flexibility index (Phi) is 6.40. The topological polar surface area (TPSA) is 87.5 Å². The zero-order valence-corrected chi connectivity index (χ0v) is 20.0. The van der Waals surface area contributed by atoms with Gasteiger partial charge in [0.15, 0.2) is 0 Å². The summed E-state index contributed by atoms with van der Waals surface area (Å²) < 4.78 is 5.81. The average molecular weight is 486 g/mol. The minimum atomic E-state index is -0.642. The first-order valence-corrected chi connectivity index (χ1v) is 11.9. The van der Waals surface area contributed by atoms with E-state index in [-0.39, 0.29) is 16.8 Å². The van der Waals surface area contributed by atoms with Crippen molar-refractivity contribution in [3.8, 4) is 0 Å². The van der Waals surface area contributed by atoms with Crippen molar-refractivity contribution in [3.63, 3.8) is 0 Å². The number of carbonyl (C=O) groups is 2. The highest BCUT2D eigenvalue weighted by molar-refractivity contribution is 7.80. The molecule has 3 aromatic rings. The lowest BCUT2D eigenvalue weighted by Crippen LogP contribution is -2.27. The van der Waals surface area contributed by atoms with Gasteiger partial charge in [0.25, 0.3) is 5.17 Å². The highest BCUT2D eigenvalue weighted by atomic mass is 32.1. The number of fused-ring (bicyclic) bond motifs is 1. The van der Waals surface area contributed by atoms with Crippen molar-refractivity contribution in [3.05, 3.63) is 40.9 Å². The number of ether oxygens (including phenoxy) is 1. The lowest BCUT2D eigenvalue weighted by Gasteiger charge is -2.20. The number of benzene rings is 1. The fourth-order valence-electron chi connectivity index (χ4n) is 3.20. The third-order valence-corrected chi connectivity index (χ3v) is 6.99. The SMILES string of the molecule is CCN(CC)c1ccc(N=Nc2nc3sc(/C=C4\C(=O)OC(=S)N4C(C)=O)cc3s2)cc1. The number of cyclic esters (lactones) is 1. The molecule has 0 spiro atoms. The van der Waals surface area contributed by atoms with Crippen molar-refractivity contribution >= 4 is 84.1 Å². The molecule has 8 nitrogen and oxygen atoms in total. The molecule has 0 radical (unpaired) electrons. The maximum atomic E-state index is 12.0. The largest absolute Gasteiger partial charge is 0.393 e. The standard InChI is InChI=1S/C21H19N5O3S3/c1-4-25(5-2)14-8-6-13(7-9-14)23-24-20-22-18-17(32-20)11-15(31-18)10-16-19(28)29-21(30)26(16)12(3)27/h6-11H,4-5H2,1-3H3/b16-10+,24-23?. The molecule has 32 heavy (non-hydrogen) atoms. The summed E-state index contributed by atoms with van der Waals surface area (Å²) in [4.78, 5) is 33.2. The number of amides is 1. The highest BCUT2D eigenvalue weighted by Crippen LogP contribution is 2.36. The van der Waals surface area contributed by atoms with Gasteiger partial charge in [-0.15, -0.1) is 21.6 Å². The molecule has 0 N–H and O–H groups in total. The number of esters is 1. The maximum absolute atomic E-state index is 12.0. The first-order chi connectivity index (χ1) is 15.4. The van der Waals surface area contributed by atoms with E-state index in [0.29, 0.717) is 5.13 Å². The smallest absolute Gasteiger partial charge is 0.362 e. The second kappa shape index (κ2) is 9.23. The number of rotatable bonds is 6. The van der Waals surface area contributed by atoms with Crippen LogP contribution in [-0.4, -0.2) is 40.0 Å². The lowest BCUT2D eigenvalue weighted by molar-refractivity contribution is -0.130. The van der Waals surface area contributed by atoms with E-state index in [1.165, 1.54) is 29.6 Å². The van der Waals surface area contributed by atoms with Crippen LogP contribution >= 0.6 is 34.9 Å². The summed E-state index contributed by atoms with van der Waals surface area (Å²) in [7, 11) is 0. The van der Waals surface area contributed by atoms with Crippen LogP contribution in [0.3, 0.4) is 0 Å². The monoisotopic (exact) mass is 485 g/mol. The van der Waals surface area contributed by atoms with Crippen molar-refractivity contribution in [2.24, 2.45) is 10.2 Å². The third kappa shape index (κ3) is 4.45. The van der Waals surface area contributed by atoms with E-state index in [0.717, 1.165) is 43.8 Å². The zero-order chi connectivity index (χ0) is 22.8. The van der Waals surface area contributed by atoms with Crippen molar-refractivity contribution in [2.45, 2.75) is 20.8 Å². The van der Waals surface area contributed by atoms with Gasteiger partial charge in [0, 0.05) is 30.6 Å². The van der Waals surface area contributed by atoms with Crippen LogP contribution in [0.1, 0.15) is 25.6 Å². The van der Waals surface area contributed by atoms with E-state index >= 15 is 0 Å². The molecule has 1 fully saturated rings. The summed E-state index contributed by atoms with van der Waals surface area (Å²) in [5.41, 5.74) is 2.01. The van der Waals surface area contributed by atoms with Gasteiger partial charge in [-0.25, -0.2) is 14.7 Å². The van der Waals surface area contributed by atoms with Crippen LogP contribution in [0.15, 0.2) is 46.3 Å². The number of azo groups is 1. The van der Waals surface area contributed by atoms with Crippen LogP contribution in [0, 0.1) is 0 Å². The number of nitrogens with zero attached hydrogens (tertiary/aromatic N) is 5. The van der Waals surface area contributed by atoms with Gasteiger partial charge in [-0.1, -0.05) is 11.3 Å². The predicted molar refractivity (Wildman–Crippen MR) is 131 cm³/mol. The van der Waals surface area contributed by atoms with Crippen molar-refractivity contribution in [1.29, 1.82) is 0 Å². The minimum absolute atomic E-state index is 0.101. The summed E-state index contributed by atoms with van der Waals surface area (Å²) in [6.45, 7) is 7.48. The van der Waals surface area contributed by atoms with Gasteiger partial charge in [0.05, 0.1) is 10.4 Å². The van der Waals surface area contributed by atoms with Gasteiger partial charge < -0.3 is 9.64 Å². The highest BCUT2D eigenvalue weighted by Gasteiger charge is 2.36. The predicted octanol–water partition coefficient (Wildman–Crippen LogP) is 5.65. The first kappa shape index (κ1) is 22.2. The van der Waals surface area contributed by atoms with Crippen LogP contribution in [0.2, 0.25) is 0 Å². The summed E-state index contributed by atoms with van der Waals surface area (Å²) >= 11 is 7.72. The molecule has 3 heterocycles. The fourth-order valence-corrected chi connectivity index (χ4v) is 5.48. The number of hydrogen-bond donors (Lipinski definition) is 0. The Balaban J connectivity index is 1.51. The van der Waals surface area contributed by atoms with E-state index < -0.39 is 5.97 Å². The van der Waals surface area contributed by atoms with E-state index in [2.05, 4.69) is 34.0 Å². The zero-order valence-electron chi connectivity index (χ0n) is 17.6.